The molecule has 0 aromatic heterocycles. The van der Waals surface area contributed by atoms with E-state index in [-0.39, 0.29) is 0 Å². The molecule has 1 aliphatic carbocycles. The highest BCUT2D eigenvalue weighted by Crippen LogP contribution is 2.37. The SMILES string of the molecule is CCC1CCCc2c1ccc1ccccc21. The fourth-order valence-electron chi connectivity index (χ4n) is 3.12. The summed E-state index contributed by atoms with van der Waals surface area (Å²) < 4.78 is 0. The summed E-state index contributed by atoms with van der Waals surface area (Å²) >= 11 is 0. The summed E-state index contributed by atoms with van der Waals surface area (Å²) in [7, 11) is 0. The highest BCUT2D eigenvalue weighted by atomic mass is 14.2. The topological polar surface area (TPSA) is 0 Å². The Kier molecular flexibility index (Phi) is 2.43. The van der Waals surface area contributed by atoms with Crippen LogP contribution in [0, 0.1) is 0 Å². The molecule has 1 atom stereocenters. The van der Waals surface area contributed by atoms with Crippen molar-refractivity contribution in [1.29, 1.82) is 0 Å². The number of fused-ring (bicyclic) bond motifs is 3. The molecule has 2 aromatic carbocycles. The van der Waals surface area contributed by atoms with Gasteiger partial charge in [0.2, 0.25) is 0 Å². The lowest BCUT2D eigenvalue weighted by Crippen LogP contribution is -2.09. The maximum atomic E-state index is 2.37. The largest absolute Gasteiger partial charge is 0.0648 e. The first-order valence-electron chi connectivity index (χ1n) is 6.40. The Morgan fingerprint density at radius 1 is 1.12 bits per heavy atom. The average molecular weight is 210 g/mol. The van der Waals surface area contributed by atoms with Crippen LogP contribution in [0.5, 0.6) is 0 Å². The van der Waals surface area contributed by atoms with E-state index in [0.29, 0.717) is 0 Å². The summed E-state index contributed by atoms with van der Waals surface area (Å²) in [6.07, 6.45) is 5.29. The van der Waals surface area contributed by atoms with Crippen LogP contribution in [0.4, 0.5) is 0 Å². The third-order valence-corrected chi connectivity index (χ3v) is 3.99. The molecule has 0 spiro atoms. The Labute approximate surface area is 97.3 Å². The lowest BCUT2D eigenvalue weighted by atomic mass is 9.79. The van der Waals surface area contributed by atoms with Crippen LogP contribution < -0.4 is 0 Å². The normalized spacial score (nSPS) is 19.7. The molecule has 0 bridgehead atoms. The van der Waals surface area contributed by atoms with E-state index < -0.39 is 0 Å². The molecule has 0 saturated heterocycles. The molecule has 0 heterocycles. The smallest absolute Gasteiger partial charge is 0.0149 e. The van der Waals surface area contributed by atoms with E-state index in [4.69, 9.17) is 0 Å². The van der Waals surface area contributed by atoms with Crippen LogP contribution in [-0.2, 0) is 6.42 Å². The Hall–Kier alpha value is -1.30. The van der Waals surface area contributed by atoms with Crippen molar-refractivity contribution in [3.63, 3.8) is 0 Å². The predicted molar refractivity (Wildman–Crippen MR) is 69.9 cm³/mol. The first-order valence-corrected chi connectivity index (χ1v) is 6.40. The highest BCUT2D eigenvalue weighted by Gasteiger charge is 2.19. The van der Waals surface area contributed by atoms with Crippen LogP contribution >= 0.6 is 0 Å². The van der Waals surface area contributed by atoms with Gasteiger partial charge in [-0.2, -0.15) is 0 Å². The first-order chi connectivity index (χ1) is 7.90. The van der Waals surface area contributed by atoms with Crippen LogP contribution in [0.15, 0.2) is 36.4 Å². The quantitative estimate of drug-likeness (QED) is 0.641. The van der Waals surface area contributed by atoms with Gasteiger partial charge in [0.25, 0.3) is 0 Å². The number of rotatable bonds is 1. The number of hydrogen-bond donors (Lipinski definition) is 0. The monoisotopic (exact) mass is 210 g/mol. The van der Waals surface area contributed by atoms with Crippen molar-refractivity contribution in [2.75, 3.05) is 0 Å². The van der Waals surface area contributed by atoms with Gasteiger partial charge in [-0.25, -0.2) is 0 Å². The van der Waals surface area contributed by atoms with Gasteiger partial charge in [0.1, 0.15) is 0 Å². The van der Waals surface area contributed by atoms with Crippen LogP contribution in [0.1, 0.15) is 43.2 Å². The molecule has 0 amide bonds. The molecule has 0 nitrogen and oxygen atoms in total. The zero-order valence-electron chi connectivity index (χ0n) is 9.87. The minimum atomic E-state index is 0.799. The summed E-state index contributed by atoms with van der Waals surface area (Å²) in [6, 6.07) is 13.5. The zero-order valence-corrected chi connectivity index (χ0v) is 9.87. The molecule has 2 aromatic rings. The van der Waals surface area contributed by atoms with Gasteiger partial charge >= 0.3 is 0 Å². The summed E-state index contributed by atoms with van der Waals surface area (Å²) in [5.74, 6) is 0.799. The summed E-state index contributed by atoms with van der Waals surface area (Å²) in [4.78, 5) is 0. The molecule has 0 saturated carbocycles. The molecule has 0 aliphatic heterocycles. The van der Waals surface area contributed by atoms with Gasteiger partial charge in [-0.15, -0.1) is 0 Å². The lowest BCUT2D eigenvalue weighted by Gasteiger charge is -2.25. The predicted octanol–water partition coefficient (Wildman–Crippen LogP) is 4.67. The van der Waals surface area contributed by atoms with Crippen LogP contribution in [-0.4, -0.2) is 0 Å². The molecular formula is C16H18. The summed E-state index contributed by atoms with van der Waals surface area (Å²) in [5, 5.41) is 2.89. The Balaban J connectivity index is 2.26. The molecule has 16 heavy (non-hydrogen) atoms. The van der Waals surface area contributed by atoms with E-state index in [2.05, 4.69) is 43.3 Å². The van der Waals surface area contributed by atoms with Gasteiger partial charge in [-0.3, -0.25) is 0 Å². The van der Waals surface area contributed by atoms with Crippen molar-refractivity contribution >= 4 is 10.8 Å². The molecule has 82 valence electrons. The van der Waals surface area contributed by atoms with Gasteiger partial charge in [0.15, 0.2) is 0 Å². The summed E-state index contributed by atoms with van der Waals surface area (Å²) in [6.45, 7) is 2.31. The van der Waals surface area contributed by atoms with E-state index in [1.54, 1.807) is 11.1 Å². The van der Waals surface area contributed by atoms with Crippen LogP contribution in [0.2, 0.25) is 0 Å². The third-order valence-electron chi connectivity index (χ3n) is 3.99. The first kappa shape index (κ1) is 9.89. The molecule has 0 heteroatoms. The fraction of sp³-hybridized carbons (Fsp3) is 0.375. The van der Waals surface area contributed by atoms with E-state index in [0.717, 1.165) is 5.92 Å². The maximum Gasteiger partial charge on any atom is -0.0149 e. The second kappa shape index (κ2) is 3.93. The van der Waals surface area contributed by atoms with E-state index in [1.807, 2.05) is 0 Å². The summed E-state index contributed by atoms with van der Waals surface area (Å²) in [5.41, 5.74) is 3.24. The van der Waals surface area contributed by atoms with E-state index in [1.165, 1.54) is 36.5 Å². The van der Waals surface area contributed by atoms with Gasteiger partial charge in [-0.1, -0.05) is 43.3 Å². The number of hydrogen-bond acceptors (Lipinski definition) is 0. The van der Waals surface area contributed by atoms with Crippen molar-refractivity contribution in [2.45, 2.75) is 38.5 Å². The Morgan fingerprint density at radius 2 is 2.00 bits per heavy atom. The molecule has 0 radical (unpaired) electrons. The fourth-order valence-corrected chi connectivity index (χ4v) is 3.12. The zero-order chi connectivity index (χ0) is 11.0. The van der Waals surface area contributed by atoms with Crippen molar-refractivity contribution in [2.24, 2.45) is 0 Å². The lowest BCUT2D eigenvalue weighted by molar-refractivity contribution is 0.542. The number of benzene rings is 2. The second-order valence-corrected chi connectivity index (χ2v) is 4.85. The second-order valence-electron chi connectivity index (χ2n) is 4.85. The van der Waals surface area contributed by atoms with Crippen molar-refractivity contribution in [3.05, 3.63) is 47.5 Å². The molecule has 1 aliphatic rings. The average Bonchev–Trinajstić information content (AvgIpc) is 2.37. The van der Waals surface area contributed by atoms with Gasteiger partial charge < -0.3 is 0 Å². The van der Waals surface area contributed by atoms with Crippen molar-refractivity contribution in [1.82, 2.24) is 0 Å². The third kappa shape index (κ3) is 1.44. The van der Waals surface area contributed by atoms with Crippen LogP contribution in [0.25, 0.3) is 10.8 Å². The molecule has 3 rings (SSSR count). The van der Waals surface area contributed by atoms with Crippen molar-refractivity contribution < 1.29 is 0 Å². The van der Waals surface area contributed by atoms with Gasteiger partial charge in [0.05, 0.1) is 0 Å². The standard InChI is InChI=1S/C16H18/c1-2-12-7-5-9-16-14-8-4-3-6-13(14)10-11-15(12)16/h3-4,6,8,10-12H,2,5,7,9H2,1H3. The maximum absolute atomic E-state index is 2.37. The number of aryl methyl sites for hydroxylation is 1. The Bertz CT molecular complexity index is 510. The molecule has 0 fully saturated rings. The molecular weight excluding hydrogens is 192 g/mol. The van der Waals surface area contributed by atoms with Gasteiger partial charge in [-0.05, 0) is 53.5 Å². The Morgan fingerprint density at radius 3 is 2.88 bits per heavy atom. The minimum Gasteiger partial charge on any atom is -0.0648 e. The minimum absolute atomic E-state index is 0.799. The van der Waals surface area contributed by atoms with Crippen molar-refractivity contribution in [3.8, 4) is 0 Å². The molecule has 1 unspecified atom stereocenters. The van der Waals surface area contributed by atoms with Gasteiger partial charge in [0, 0.05) is 0 Å². The van der Waals surface area contributed by atoms with E-state index >= 15 is 0 Å². The molecule has 0 N–H and O–H groups in total. The van der Waals surface area contributed by atoms with Crippen LogP contribution in [0.3, 0.4) is 0 Å². The highest BCUT2D eigenvalue weighted by molar-refractivity contribution is 5.87. The van der Waals surface area contributed by atoms with E-state index in [9.17, 15) is 0 Å².